The molecule has 154 valence electrons. The first-order chi connectivity index (χ1) is 14.7. The number of amides is 1. The van der Waals surface area contributed by atoms with Crippen LogP contribution in [-0.2, 0) is 6.54 Å². The van der Waals surface area contributed by atoms with E-state index >= 15 is 0 Å². The molecule has 0 aliphatic carbocycles. The molecule has 30 heavy (non-hydrogen) atoms. The van der Waals surface area contributed by atoms with Crippen LogP contribution in [0.25, 0.3) is 21.7 Å². The summed E-state index contributed by atoms with van der Waals surface area (Å²) in [7, 11) is 0. The molecular weight excluding hydrogens is 396 g/mol. The van der Waals surface area contributed by atoms with E-state index in [-0.39, 0.29) is 11.9 Å². The average molecular weight is 421 g/mol. The fourth-order valence-corrected chi connectivity index (χ4v) is 4.05. The van der Waals surface area contributed by atoms with Gasteiger partial charge in [-0.3, -0.25) is 4.79 Å². The minimum Gasteiger partial charge on any atom is -0.381 e. The summed E-state index contributed by atoms with van der Waals surface area (Å²) in [5.74, 6) is -0.0901. The Morgan fingerprint density at radius 2 is 1.93 bits per heavy atom. The van der Waals surface area contributed by atoms with Crippen LogP contribution in [-0.4, -0.2) is 22.1 Å². The molecule has 0 atom stereocenters. The van der Waals surface area contributed by atoms with Gasteiger partial charge >= 0.3 is 0 Å². The maximum absolute atomic E-state index is 12.5. The van der Waals surface area contributed by atoms with E-state index in [0.29, 0.717) is 21.2 Å². The van der Waals surface area contributed by atoms with Crippen molar-refractivity contribution < 1.29 is 9.32 Å². The van der Waals surface area contributed by atoms with Gasteiger partial charge in [-0.15, -0.1) is 11.3 Å². The number of nitrogens with zero attached hydrogens (tertiary/aromatic N) is 2. The van der Waals surface area contributed by atoms with Crippen LogP contribution in [0.1, 0.15) is 41.9 Å². The summed E-state index contributed by atoms with van der Waals surface area (Å²) >= 11 is 1.33. The molecule has 2 heterocycles. The Kier molecular flexibility index (Phi) is 6.09. The van der Waals surface area contributed by atoms with Crippen molar-refractivity contribution in [3.05, 3.63) is 65.2 Å². The Bertz CT molecular complexity index is 1130. The van der Waals surface area contributed by atoms with Gasteiger partial charge in [0.1, 0.15) is 15.6 Å². The molecule has 0 unspecified atom stereocenters. The Labute approximate surface area is 179 Å². The van der Waals surface area contributed by atoms with Crippen molar-refractivity contribution in [1.82, 2.24) is 15.5 Å². The normalized spacial score (nSPS) is 11.2. The number of aromatic nitrogens is 2. The lowest BCUT2D eigenvalue weighted by molar-refractivity contribution is 0.0939. The maximum atomic E-state index is 12.5. The van der Waals surface area contributed by atoms with E-state index in [2.05, 4.69) is 46.8 Å². The van der Waals surface area contributed by atoms with Crippen LogP contribution < -0.4 is 10.6 Å². The predicted octanol–water partition coefficient (Wildman–Crippen LogP) is 5.48. The quantitative estimate of drug-likeness (QED) is 0.394. The largest absolute Gasteiger partial charge is 0.381 e. The highest BCUT2D eigenvalue weighted by Crippen LogP contribution is 2.32. The van der Waals surface area contributed by atoms with Crippen molar-refractivity contribution in [1.29, 1.82) is 0 Å². The third kappa shape index (κ3) is 4.36. The van der Waals surface area contributed by atoms with E-state index in [1.165, 1.54) is 16.9 Å². The smallest absolute Gasteiger partial charge is 0.263 e. The number of hydrogen-bond donors (Lipinski definition) is 2. The van der Waals surface area contributed by atoms with E-state index < -0.39 is 0 Å². The summed E-state index contributed by atoms with van der Waals surface area (Å²) in [6.07, 6.45) is 3.42. The van der Waals surface area contributed by atoms with Crippen molar-refractivity contribution >= 4 is 33.9 Å². The molecule has 0 spiro atoms. The zero-order valence-electron chi connectivity index (χ0n) is 17.0. The fourth-order valence-electron chi connectivity index (χ4n) is 3.24. The molecule has 0 radical (unpaired) electrons. The van der Waals surface area contributed by atoms with Gasteiger partial charge in [0, 0.05) is 24.3 Å². The molecule has 2 N–H and O–H groups in total. The predicted molar refractivity (Wildman–Crippen MR) is 121 cm³/mol. The zero-order valence-corrected chi connectivity index (χ0v) is 17.8. The molecular formula is C23H24N4O2S. The molecule has 0 bridgehead atoms. The van der Waals surface area contributed by atoms with Crippen LogP contribution in [0, 0.1) is 0 Å². The van der Waals surface area contributed by atoms with Crippen molar-refractivity contribution in [2.24, 2.45) is 0 Å². The van der Waals surface area contributed by atoms with Gasteiger partial charge in [-0.2, -0.15) is 0 Å². The van der Waals surface area contributed by atoms with Crippen molar-refractivity contribution in [2.45, 2.75) is 39.3 Å². The minimum absolute atomic E-state index is 0.0901. The summed E-state index contributed by atoms with van der Waals surface area (Å²) in [5, 5.41) is 12.2. The molecule has 2 aromatic heterocycles. The van der Waals surface area contributed by atoms with Crippen LogP contribution >= 0.6 is 11.3 Å². The highest BCUT2D eigenvalue weighted by Gasteiger charge is 2.18. The van der Waals surface area contributed by atoms with E-state index in [1.54, 1.807) is 6.20 Å². The van der Waals surface area contributed by atoms with Gasteiger partial charge < -0.3 is 15.2 Å². The lowest BCUT2D eigenvalue weighted by Gasteiger charge is -2.13. The highest BCUT2D eigenvalue weighted by atomic mass is 32.1. The summed E-state index contributed by atoms with van der Waals surface area (Å²) in [6, 6.07) is 16.3. The van der Waals surface area contributed by atoms with Gasteiger partial charge in [0.15, 0.2) is 5.58 Å². The first kappa shape index (κ1) is 20.1. The fraction of sp³-hybridized carbons (Fsp3) is 0.261. The second-order valence-corrected chi connectivity index (χ2v) is 8.13. The number of carbonyl (C=O) groups excluding carboxylic acids is 1. The molecule has 6 nitrogen and oxygen atoms in total. The van der Waals surface area contributed by atoms with E-state index in [0.717, 1.165) is 30.5 Å². The summed E-state index contributed by atoms with van der Waals surface area (Å²) in [4.78, 5) is 17.4. The number of thiazole rings is 1. The first-order valence-electron chi connectivity index (χ1n) is 10.1. The van der Waals surface area contributed by atoms with Gasteiger partial charge in [0.05, 0.1) is 11.6 Å². The molecule has 2 aromatic carbocycles. The van der Waals surface area contributed by atoms with Crippen molar-refractivity contribution in [2.75, 3.05) is 5.32 Å². The number of carbonyl (C=O) groups is 1. The third-order valence-corrected chi connectivity index (χ3v) is 6.07. The zero-order chi connectivity index (χ0) is 20.9. The number of nitrogens with one attached hydrogen (secondary N) is 2. The molecule has 4 rings (SSSR count). The topological polar surface area (TPSA) is 80.1 Å². The molecule has 1 amide bonds. The molecule has 7 heteroatoms. The second kappa shape index (κ2) is 9.09. The van der Waals surface area contributed by atoms with Crippen molar-refractivity contribution in [3.63, 3.8) is 0 Å². The molecule has 0 aliphatic rings. The Morgan fingerprint density at radius 1 is 1.13 bits per heavy atom. The first-order valence-corrected chi connectivity index (χ1v) is 10.9. The van der Waals surface area contributed by atoms with Crippen molar-refractivity contribution in [3.8, 4) is 10.7 Å². The van der Waals surface area contributed by atoms with Gasteiger partial charge in [-0.25, -0.2) is 4.98 Å². The van der Waals surface area contributed by atoms with Gasteiger partial charge in [0.2, 0.25) is 0 Å². The van der Waals surface area contributed by atoms with Crippen LogP contribution in [0.15, 0.2) is 59.3 Å². The summed E-state index contributed by atoms with van der Waals surface area (Å²) in [5.41, 5.74) is 3.50. The molecule has 0 fully saturated rings. The summed E-state index contributed by atoms with van der Waals surface area (Å²) < 4.78 is 5.54. The SMILES string of the molecule is CCC(CC)NC(=O)c1cnc(-c2noc3cc(NCc4ccccc4)ccc23)s1. The lowest BCUT2D eigenvalue weighted by atomic mass is 10.2. The number of rotatable bonds is 8. The van der Waals surface area contributed by atoms with E-state index in [1.807, 2.05) is 36.4 Å². The molecule has 0 aliphatic heterocycles. The van der Waals surface area contributed by atoms with Gasteiger partial charge in [0.25, 0.3) is 5.91 Å². The molecule has 0 saturated heterocycles. The monoisotopic (exact) mass is 420 g/mol. The molecule has 4 aromatic rings. The standard InChI is InChI=1S/C23H24N4O2S/c1-3-16(4-2)26-22(28)20-14-25-23(30-20)21-18-11-10-17(12-19(18)29-27-21)24-13-15-8-6-5-7-9-15/h5-12,14,16,24H,3-4,13H2,1-2H3,(H,26,28). The van der Waals surface area contributed by atoms with Crippen LogP contribution in [0.5, 0.6) is 0 Å². The maximum Gasteiger partial charge on any atom is 0.263 e. The number of benzene rings is 2. The Balaban J connectivity index is 1.50. The third-order valence-electron chi connectivity index (χ3n) is 5.06. The van der Waals surface area contributed by atoms with Gasteiger partial charge in [-0.1, -0.05) is 49.3 Å². The molecule has 0 saturated carbocycles. The Morgan fingerprint density at radius 3 is 2.70 bits per heavy atom. The number of hydrogen-bond acceptors (Lipinski definition) is 6. The highest BCUT2D eigenvalue weighted by molar-refractivity contribution is 7.17. The Hall–Kier alpha value is -3.19. The van der Waals surface area contributed by atoms with E-state index in [4.69, 9.17) is 4.52 Å². The van der Waals surface area contributed by atoms with Gasteiger partial charge in [-0.05, 0) is 30.5 Å². The summed E-state index contributed by atoms with van der Waals surface area (Å²) in [6.45, 7) is 4.86. The van der Waals surface area contributed by atoms with Crippen LogP contribution in [0.4, 0.5) is 5.69 Å². The van der Waals surface area contributed by atoms with Crippen LogP contribution in [0.3, 0.4) is 0 Å². The number of fused-ring (bicyclic) bond motifs is 1. The van der Waals surface area contributed by atoms with E-state index in [9.17, 15) is 4.79 Å². The minimum atomic E-state index is -0.0901. The average Bonchev–Trinajstić information content (AvgIpc) is 3.43. The second-order valence-electron chi connectivity index (χ2n) is 7.10. The lowest BCUT2D eigenvalue weighted by Crippen LogP contribution is -2.33. The number of anilines is 1. The van der Waals surface area contributed by atoms with Crippen LogP contribution in [0.2, 0.25) is 0 Å².